The minimum absolute atomic E-state index is 0.0940. The van der Waals surface area contributed by atoms with E-state index in [1.807, 2.05) is 36.5 Å². The average Bonchev–Trinajstić information content (AvgIpc) is 3.35. The van der Waals surface area contributed by atoms with Crippen LogP contribution in [-0.2, 0) is 4.79 Å². The van der Waals surface area contributed by atoms with Crippen molar-refractivity contribution in [3.05, 3.63) is 72.6 Å². The molecule has 1 aliphatic rings. The lowest BCUT2D eigenvalue weighted by Crippen LogP contribution is -2.26. The minimum Gasteiger partial charge on any atom is -0.374 e. The molecule has 1 aromatic heterocycles. The Morgan fingerprint density at radius 2 is 1.93 bits per heavy atom. The normalized spacial score (nSPS) is 13.0. The van der Waals surface area contributed by atoms with E-state index < -0.39 is 0 Å². The molecule has 3 N–H and O–H groups in total. The van der Waals surface area contributed by atoms with Crippen molar-refractivity contribution >= 4 is 23.2 Å². The lowest BCUT2D eigenvalue weighted by molar-refractivity contribution is -0.114. The summed E-state index contributed by atoms with van der Waals surface area (Å²) in [6.07, 6.45) is 5.62. The second-order valence-corrected chi connectivity index (χ2v) is 6.70. The molecule has 7 heteroatoms. The van der Waals surface area contributed by atoms with Gasteiger partial charge in [-0.25, -0.2) is 4.68 Å². The summed E-state index contributed by atoms with van der Waals surface area (Å²) < 4.78 is 1.74. The first-order chi connectivity index (χ1) is 13.7. The van der Waals surface area contributed by atoms with Crippen molar-refractivity contribution < 1.29 is 9.59 Å². The molecule has 1 heterocycles. The predicted octanol–water partition coefficient (Wildman–Crippen LogP) is 2.82. The van der Waals surface area contributed by atoms with Crippen LogP contribution in [0, 0.1) is 0 Å². The third-order valence-electron chi connectivity index (χ3n) is 4.42. The number of nitrogens with one attached hydrogen (secondary N) is 3. The van der Waals surface area contributed by atoms with Crippen LogP contribution in [0.5, 0.6) is 0 Å². The summed E-state index contributed by atoms with van der Waals surface area (Å²) in [4.78, 5) is 24.5. The Hall–Kier alpha value is -3.61. The van der Waals surface area contributed by atoms with Crippen molar-refractivity contribution in [2.45, 2.75) is 18.9 Å². The second-order valence-electron chi connectivity index (χ2n) is 6.70. The summed E-state index contributed by atoms with van der Waals surface area (Å²) in [5.74, 6) is -0.306. The van der Waals surface area contributed by atoms with Crippen LogP contribution in [0.3, 0.4) is 0 Å². The molecule has 7 nitrogen and oxygen atoms in total. The van der Waals surface area contributed by atoms with Gasteiger partial charge in [0.05, 0.1) is 17.9 Å². The molecule has 0 atom stereocenters. The molecule has 28 heavy (non-hydrogen) atoms. The fourth-order valence-electron chi connectivity index (χ4n) is 2.85. The molecular weight excluding hydrogens is 354 g/mol. The van der Waals surface area contributed by atoms with Crippen molar-refractivity contribution in [2.24, 2.45) is 0 Å². The Balaban J connectivity index is 1.37. The molecule has 1 fully saturated rings. The molecule has 2 amide bonds. The number of para-hydroxylation sites is 2. The van der Waals surface area contributed by atoms with Gasteiger partial charge >= 0.3 is 0 Å². The number of rotatable bonds is 7. The quantitative estimate of drug-likeness (QED) is 0.593. The Morgan fingerprint density at radius 3 is 2.71 bits per heavy atom. The molecule has 0 spiro atoms. The Morgan fingerprint density at radius 1 is 1.07 bits per heavy atom. The average molecular weight is 375 g/mol. The van der Waals surface area contributed by atoms with Crippen molar-refractivity contribution in [3.8, 4) is 5.69 Å². The van der Waals surface area contributed by atoms with Gasteiger partial charge in [0.15, 0.2) is 0 Å². The van der Waals surface area contributed by atoms with Crippen LogP contribution in [0.2, 0.25) is 0 Å². The highest BCUT2D eigenvalue weighted by Gasteiger charge is 2.23. The van der Waals surface area contributed by atoms with Gasteiger partial charge in [-0.15, -0.1) is 0 Å². The van der Waals surface area contributed by atoms with Gasteiger partial charge in [-0.1, -0.05) is 18.2 Å². The Bertz CT molecular complexity index is 980. The highest BCUT2D eigenvalue weighted by molar-refractivity contribution is 5.98. The van der Waals surface area contributed by atoms with Gasteiger partial charge in [0, 0.05) is 29.7 Å². The van der Waals surface area contributed by atoms with Gasteiger partial charge in [-0.2, -0.15) is 5.10 Å². The summed E-state index contributed by atoms with van der Waals surface area (Å²) in [6, 6.07) is 16.7. The van der Waals surface area contributed by atoms with Gasteiger partial charge in [0.2, 0.25) is 5.91 Å². The number of anilines is 2. The fraction of sp³-hybridized carbons (Fsp3) is 0.190. The largest absolute Gasteiger partial charge is 0.374 e. The molecule has 142 valence electrons. The molecule has 0 radical (unpaired) electrons. The predicted molar refractivity (Wildman–Crippen MR) is 108 cm³/mol. The van der Waals surface area contributed by atoms with Crippen LogP contribution < -0.4 is 16.0 Å². The third kappa shape index (κ3) is 4.37. The number of carbonyl (C=O) groups excluding carboxylic acids is 2. The summed E-state index contributed by atoms with van der Waals surface area (Å²) in [5.41, 5.74) is 2.80. The van der Waals surface area contributed by atoms with E-state index >= 15 is 0 Å². The van der Waals surface area contributed by atoms with E-state index in [9.17, 15) is 9.59 Å². The molecule has 1 aliphatic carbocycles. The maximum absolute atomic E-state index is 12.4. The van der Waals surface area contributed by atoms with Crippen LogP contribution in [0.1, 0.15) is 23.2 Å². The molecule has 0 unspecified atom stereocenters. The van der Waals surface area contributed by atoms with Crippen LogP contribution in [0.15, 0.2) is 67.0 Å². The first kappa shape index (κ1) is 17.8. The highest BCUT2D eigenvalue weighted by atomic mass is 16.2. The maximum atomic E-state index is 12.4. The number of benzene rings is 2. The fourth-order valence-corrected chi connectivity index (χ4v) is 2.85. The summed E-state index contributed by atoms with van der Waals surface area (Å²) in [6.45, 7) is 0.0940. The van der Waals surface area contributed by atoms with E-state index in [1.54, 1.807) is 35.1 Å². The lowest BCUT2D eigenvalue weighted by atomic mass is 10.2. The number of carbonyl (C=O) groups is 2. The molecule has 3 aromatic rings. The molecular formula is C21H21N5O2. The summed E-state index contributed by atoms with van der Waals surface area (Å²) >= 11 is 0. The SMILES string of the molecule is O=C(CNc1ccccc1-n1cccn1)Nc1cccc(C(=O)NC2CC2)c1. The number of hydrogen-bond acceptors (Lipinski definition) is 4. The number of hydrogen-bond donors (Lipinski definition) is 3. The monoisotopic (exact) mass is 375 g/mol. The smallest absolute Gasteiger partial charge is 0.251 e. The van der Waals surface area contributed by atoms with E-state index in [0.717, 1.165) is 24.2 Å². The van der Waals surface area contributed by atoms with Crippen molar-refractivity contribution in [3.63, 3.8) is 0 Å². The van der Waals surface area contributed by atoms with E-state index in [1.165, 1.54) is 0 Å². The van der Waals surface area contributed by atoms with Crippen molar-refractivity contribution in [1.29, 1.82) is 0 Å². The number of nitrogens with zero attached hydrogens (tertiary/aromatic N) is 2. The van der Waals surface area contributed by atoms with E-state index in [2.05, 4.69) is 21.0 Å². The van der Waals surface area contributed by atoms with Crippen LogP contribution in [0.4, 0.5) is 11.4 Å². The zero-order valence-corrected chi connectivity index (χ0v) is 15.3. The zero-order chi connectivity index (χ0) is 19.3. The Kier molecular flexibility index (Phi) is 5.05. The van der Waals surface area contributed by atoms with E-state index in [-0.39, 0.29) is 18.4 Å². The lowest BCUT2D eigenvalue weighted by Gasteiger charge is -2.12. The van der Waals surface area contributed by atoms with E-state index in [4.69, 9.17) is 0 Å². The molecule has 1 saturated carbocycles. The van der Waals surface area contributed by atoms with Crippen LogP contribution >= 0.6 is 0 Å². The van der Waals surface area contributed by atoms with Crippen molar-refractivity contribution in [1.82, 2.24) is 15.1 Å². The second kappa shape index (κ2) is 7.96. The summed E-state index contributed by atoms with van der Waals surface area (Å²) in [7, 11) is 0. The zero-order valence-electron chi connectivity index (χ0n) is 15.3. The standard InChI is InChI=1S/C21H21N5O2/c27-20(14-22-18-7-1-2-8-19(18)26-12-4-11-23-26)24-17-6-3-5-15(13-17)21(28)25-16-9-10-16/h1-8,11-13,16,22H,9-10,14H2,(H,24,27)(H,25,28). The first-order valence-electron chi connectivity index (χ1n) is 9.23. The first-order valence-corrected chi connectivity index (χ1v) is 9.23. The van der Waals surface area contributed by atoms with Gasteiger partial charge in [-0.3, -0.25) is 9.59 Å². The molecule has 0 aliphatic heterocycles. The molecule has 0 saturated heterocycles. The highest BCUT2D eigenvalue weighted by Crippen LogP contribution is 2.20. The number of aromatic nitrogens is 2. The Labute approximate surface area is 162 Å². The molecule has 2 aromatic carbocycles. The maximum Gasteiger partial charge on any atom is 0.251 e. The van der Waals surface area contributed by atoms with Gasteiger partial charge in [0.1, 0.15) is 0 Å². The number of amides is 2. The third-order valence-corrected chi connectivity index (χ3v) is 4.42. The van der Waals surface area contributed by atoms with Crippen molar-refractivity contribution in [2.75, 3.05) is 17.2 Å². The van der Waals surface area contributed by atoms with Gasteiger partial charge in [-0.05, 0) is 49.2 Å². The molecule has 4 rings (SSSR count). The van der Waals surface area contributed by atoms with E-state index in [0.29, 0.717) is 17.3 Å². The van der Waals surface area contributed by atoms with Crippen LogP contribution in [0.25, 0.3) is 5.69 Å². The van der Waals surface area contributed by atoms with Gasteiger partial charge < -0.3 is 16.0 Å². The molecule has 0 bridgehead atoms. The summed E-state index contributed by atoms with van der Waals surface area (Å²) in [5, 5.41) is 13.1. The van der Waals surface area contributed by atoms with Crippen LogP contribution in [-0.4, -0.2) is 34.2 Å². The van der Waals surface area contributed by atoms with Gasteiger partial charge in [0.25, 0.3) is 5.91 Å². The topological polar surface area (TPSA) is 88.1 Å². The minimum atomic E-state index is -0.199.